The first kappa shape index (κ1) is 12.6. The smallest absolute Gasteiger partial charge is 0.307 e. The number of aliphatic carboxylic acids is 1. The molecule has 1 aliphatic carbocycles. The van der Waals surface area contributed by atoms with E-state index in [4.69, 9.17) is 10.2 Å². The van der Waals surface area contributed by atoms with E-state index in [2.05, 4.69) is 5.32 Å². The minimum absolute atomic E-state index is 0.0214. The van der Waals surface area contributed by atoms with Crippen molar-refractivity contribution >= 4 is 11.9 Å². The van der Waals surface area contributed by atoms with Crippen molar-refractivity contribution in [2.75, 3.05) is 13.2 Å². The molecule has 5 nitrogen and oxygen atoms in total. The molecule has 0 heterocycles. The van der Waals surface area contributed by atoms with Crippen LogP contribution < -0.4 is 5.32 Å². The number of nitrogens with one attached hydrogen (secondary N) is 1. The number of aliphatic hydroxyl groups is 1. The van der Waals surface area contributed by atoms with Crippen LogP contribution in [0.3, 0.4) is 0 Å². The van der Waals surface area contributed by atoms with Crippen molar-refractivity contribution in [1.82, 2.24) is 5.32 Å². The molecule has 0 aliphatic heterocycles. The molecule has 1 aliphatic rings. The van der Waals surface area contributed by atoms with Gasteiger partial charge in [-0.2, -0.15) is 0 Å². The van der Waals surface area contributed by atoms with Crippen molar-refractivity contribution in [2.24, 2.45) is 5.92 Å². The van der Waals surface area contributed by atoms with Crippen molar-refractivity contribution in [3.05, 3.63) is 35.4 Å². The highest BCUT2D eigenvalue weighted by Crippen LogP contribution is 2.47. The van der Waals surface area contributed by atoms with Crippen molar-refractivity contribution in [3.63, 3.8) is 0 Å². The van der Waals surface area contributed by atoms with E-state index in [-0.39, 0.29) is 30.9 Å². The van der Waals surface area contributed by atoms with Crippen LogP contribution >= 0.6 is 0 Å². The van der Waals surface area contributed by atoms with Gasteiger partial charge in [-0.3, -0.25) is 9.59 Å². The van der Waals surface area contributed by atoms with E-state index >= 15 is 0 Å². The molecule has 1 fully saturated rings. The molecule has 0 saturated heterocycles. The second-order valence-electron chi connectivity index (χ2n) is 4.39. The lowest BCUT2D eigenvalue weighted by Gasteiger charge is -2.05. The summed E-state index contributed by atoms with van der Waals surface area (Å²) in [5.41, 5.74) is 1.39. The number of hydrogen-bond acceptors (Lipinski definition) is 3. The minimum atomic E-state index is -0.782. The summed E-state index contributed by atoms with van der Waals surface area (Å²) < 4.78 is 0. The van der Waals surface area contributed by atoms with Gasteiger partial charge < -0.3 is 15.5 Å². The second-order valence-corrected chi connectivity index (χ2v) is 4.39. The summed E-state index contributed by atoms with van der Waals surface area (Å²) in [5, 5.41) is 20.1. The van der Waals surface area contributed by atoms with Crippen LogP contribution in [0.5, 0.6) is 0 Å². The largest absolute Gasteiger partial charge is 0.481 e. The van der Waals surface area contributed by atoms with Gasteiger partial charge in [-0.25, -0.2) is 0 Å². The maximum atomic E-state index is 11.7. The lowest BCUT2D eigenvalue weighted by Crippen LogP contribution is -2.26. The van der Waals surface area contributed by atoms with E-state index in [0.717, 1.165) is 5.56 Å². The molecule has 1 aromatic rings. The molecule has 3 N–H and O–H groups in total. The van der Waals surface area contributed by atoms with Crippen LogP contribution in [0, 0.1) is 5.92 Å². The molecule has 0 spiro atoms. The lowest BCUT2D eigenvalue weighted by atomic mass is 10.1. The monoisotopic (exact) mass is 249 g/mol. The number of rotatable bonds is 5. The molecule has 2 unspecified atom stereocenters. The number of benzene rings is 1. The van der Waals surface area contributed by atoms with Crippen LogP contribution in [0.4, 0.5) is 0 Å². The number of carbonyl (C=O) groups is 2. The maximum absolute atomic E-state index is 11.7. The molecule has 18 heavy (non-hydrogen) atoms. The van der Waals surface area contributed by atoms with E-state index in [0.29, 0.717) is 12.0 Å². The van der Waals surface area contributed by atoms with Crippen LogP contribution in [-0.4, -0.2) is 35.2 Å². The van der Waals surface area contributed by atoms with Crippen LogP contribution in [0.1, 0.15) is 28.3 Å². The summed E-state index contributed by atoms with van der Waals surface area (Å²) in [5.74, 6) is -1.33. The molecule has 1 amide bonds. The van der Waals surface area contributed by atoms with E-state index < -0.39 is 5.97 Å². The van der Waals surface area contributed by atoms with Gasteiger partial charge in [0, 0.05) is 12.1 Å². The van der Waals surface area contributed by atoms with Crippen LogP contribution in [0.15, 0.2) is 24.3 Å². The molecule has 0 radical (unpaired) electrons. The van der Waals surface area contributed by atoms with E-state index in [9.17, 15) is 9.59 Å². The Morgan fingerprint density at radius 1 is 1.39 bits per heavy atom. The summed E-state index contributed by atoms with van der Waals surface area (Å²) in [6.45, 7) is 0.111. The highest BCUT2D eigenvalue weighted by molar-refractivity contribution is 5.94. The maximum Gasteiger partial charge on any atom is 0.307 e. The van der Waals surface area contributed by atoms with Gasteiger partial charge in [0.05, 0.1) is 12.5 Å². The van der Waals surface area contributed by atoms with Crippen molar-refractivity contribution in [3.8, 4) is 0 Å². The Labute approximate surface area is 104 Å². The van der Waals surface area contributed by atoms with Crippen molar-refractivity contribution in [1.29, 1.82) is 0 Å². The molecule has 1 aromatic carbocycles. The molecular formula is C13H15NO4. The van der Waals surface area contributed by atoms with Gasteiger partial charge in [0.15, 0.2) is 0 Å². The third kappa shape index (κ3) is 2.68. The van der Waals surface area contributed by atoms with E-state index in [1.54, 1.807) is 18.2 Å². The third-order valence-corrected chi connectivity index (χ3v) is 3.08. The Balaban J connectivity index is 2.07. The van der Waals surface area contributed by atoms with Gasteiger partial charge in [-0.1, -0.05) is 12.1 Å². The minimum Gasteiger partial charge on any atom is -0.481 e. The highest BCUT2D eigenvalue weighted by Gasteiger charge is 2.44. The summed E-state index contributed by atoms with van der Waals surface area (Å²) in [7, 11) is 0. The van der Waals surface area contributed by atoms with E-state index in [1.807, 2.05) is 6.07 Å². The normalized spacial score (nSPS) is 21.4. The fraction of sp³-hybridized carbons (Fsp3) is 0.385. The molecule has 2 atom stereocenters. The first-order chi connectivity index (χ1) is 8.63. The quantitative estimate of drug-likeness (QED) is 0.713. The molecule has 1 saturated carbocycles. The molecule has 2 rings (SSSR count). The Morgan fingerprint density at radius 3 is 2.78 bits per heavy atom. The fourth-order valence-electron chi connectivity index (χ4n) is 2.02. The number of aliphatic hydroxyl groups excluding tert-OH is 1. The second kappa shape index (κ2) is 5.18. The Morgan fingerprint density at radius 2 is 2.17 bits per heavy atom. The number of hydrogen-bond donors (Lipinski definition) is 3. The molecular weight excluding hydrogens is 234 g/mol. The molecule has 96 valence electrons. The Hall–Kier alpha value is -1.88. The zero-order chi connectivity index (χ0) is 13.1. The van der Waals surface area contributed by atoms with Gasteiger partial charge in [0.2, 0.25) is 0 Å². The lowest BCUT2D eigenvalue weighted by molar-refractivity contribution is -0.138. The van der Waals surface area contributed by atoms with Gasteiger partial charge in [0.1, 0.15) is 0 Å². The first-order valence-electron chi connectivity index (χ1n) is 5.85. The zero-order valence-corrected chi connectivity index (χ0v) is 9.80. The summed E-state index contributed by atoms with van der Waals surface area (Å²) in [6.07, 6.45) is 0.636. The average Bonchev–Trinajstić information content (AvgIpc) is 3.16. The van der Waals surface area contributed by atoms with Crippen LogP contribution in [-0.2, 0) is 4.79 Å². The molecule has 0 aromatic heterocycles. The average molecular weight is 249 g/mol. The summed E-state index contributed by atoms with van der Waals surface area (Å²) >= 11 is 0. The SMILES string of the molecule is O=C(NCCO)c1cccc(C2CC2C(=O)O)c1. The first-order valence-corrected chi connectivity index (χ1v) is 5.85. The fourth-order valence-corrected chi connectivity index (χ4v) is 2.02. The summed E-state index contributed by atoms with van der Waals surface area (Å²) in [6, 6.07) is 6.99. The van der Waals surface area contributed by atoms with Gasteiger partial charge in [-0.05, 0) is 30.0 Å². The number of carboxylic acid groups (broad SMARTS) is 1. The van der Waals surface area contributed by atoms with Crippen molar-refractivity contribution in [2.45, 2.75) is 12.3 Å². The molecule has 5 heteroatoms. The highest BCUT2D eigenvalue weighted by atomic mass is 16.4. The number of carbonyl (C=O) groups excluding carboxylic acids is 1. The van der Waals surface area contributed by atoms with Gasteiger partial charge in [0.25, 0.3) is 5.91 Å². The van der Waals surface area contributed by atoms with Gasteiger partial charge >= 0.3 is 5.97 Å². The summed E-state index contributed by atoms with van der Waals surface area (Å²) in [4.78, 5) is 22.5. The standard InChI is InChI=1S/C13H15NO4/c15-5-4-14-12(16)9-3-1-2-8(6-9)10-7-11(10)13(17)18/h1-3,6,10-11,15H,4-5,7H2,(H,14,16)(H,17,18). The Bertz CT molecular complexity index is 472. The van der Waals surface area contributed by atoms with Gasteiger partial charge in [-0.15, -0.1) is 0 Å². The number of amides is 1. The Kier molecular flexibility index (Phi) is 3.62. The zero-order valence-electron chi connectivity index (χ0n) is 9.80. The van der Waals surface area contributed by atoms with Crippen LogP contribution in [0.25, 0.3) is 0 Å². The topological polar surface area (TPSA) is 86.6 Å². The van der Waals surface area contributed by atoms with Crippen molar-refractivity contribution < 1.29 is 19.8 Å². The number of carboxylic acids is 1. The predicted octanol–water partition coefficient (Wildman–Crippen LogP) is 0.597. The van der Waals surface area contributed by atoms with E-state index in [1.165, 1.54) is 0 Å². The third-order valence-electron chi connectivity index (χ3n) is 3.08. The van der Waals surface area contributed by atoms with Crippen LogP contribution in [0.2, 0.25) is 0 Å². The predicted molar refractivity (Wildman–Crippen MR) is 64.3 cm³/mol. The molecule has 0 bridgehead atoms.